The Morgan fingerprint density at radius 3 is 2.61 bits per heavy atom. The zero-order valence-corrected chi connectivity index (χ0v) is 9.61. The Labute approximate surface area is 103 Å². The fourth-order valence-corrected chi connectivity index (χ4v) is 1.67. The zero-order chi connectivity index (χ0) is 13.2. The van der Waals surface area contributed by atoms with Crippen molar-refractivity contribution in [2.45, 2.75) is 12.0 Å². The number of amides is 2. The monoisotopic (exact) mass is 252 g/mol. The van der Waals surface area contributed by atoms with E-state index >= 15 is 0 Å². The first-order valence-corrected chi connectivity index (χ1v) is 5.45. The van der Waals surface area contributed by atoms with E-state index in [0.29, 0.717) is 0 Å². The Hall–Kier alpha value is -1.79. The zero-order valence-electron chi connectivity index (χ0n) is 9.61. The smallest absolute Gasteiger partial charge is 0.260 e. The summed E-state index contributed by atoms with van der Waals surface area (Å²) in [5.74, 6) is -1.96. The Morgan fingerprint density at radius 1 is 1.39 bits per heavy atom. The molecule has 0 saturated carbocycles. The molecule has 0 unspecified atom stereocenters. The third-order valence-corrected chi connectivity index (χ3v) is 2.66. The number of imide groups is 1. The number of carbonyl (C=O) groups excluding carboxylic acids is 2. The molecule has 0 aromatic heterocycles. The van der Waals surface area contributed by atoms with E-state index in [1.54, 1.807) is 0 Å². The minimum atomic E-state index is -0.762. The molecular formula is C12H13FN2O3. The minimum absolute atomic E-state index is 0.0206. The van der Waals surface area contributed by atoms with Crippen molar-refractivity contribution in [1.29, 1.82) is 0 Å². The van der Waals surface area contributed by atoms with Crippen molar-refractivity contribution in [3.05, 3.63) is 35.6 Å². The van der Waals surface area contributed by atoms with Crippen molar-refractivity contribution in [2.75, 3.05) is 13.2 Å². The van der Waals surface area contributed by atoms with Gasteiger partial charge < -0.3 is 10.5 Å². The van der Waals surface area contributed by atoms with Crippen molar-refractivity contribution in [2.24, 2.45) is 5.73 Å². The van der Waals surface area contributed by atoms with Crippen LogP contribution >= 0.6 is 0 Å². The number of rotatable bonds is 3. The van der Waals surface area contributed by atoms with Crippen LogP contribution in [0.2, 0.25) is 0 Å². The van der Waals surface area contributed by atoms with Crippen LogP contribution in [0.3, 0.4) is 0 Å². The van der Waals surface area contributed by atoms with Gasteiger partial charge in [-0.25, -0.2) is 4.39 Å². The van der Waals surface area contributed by atoms with Crippen molar-refractivity contribution < 1.29 is 18.7 Å². The van der Waals surface area contributed by atoms with Crippen molar-refractivity contribution in [3.63, 3.8) is 0 Å². The van der Waals surface area contributed by atoms with Gasteiger partial charge in [0.2, 0.25) is 5.91 Å². The van der Waals surface area contributed by atoms with E-state index in [-0.39, 0.29) is 25.2 Å². The molecule has 2 rings (SSSR count). The summed E-state index contributed by atoms with van der Waals surface area (Å²) in [4.78, 5) is 23.2. The molecule has 1 heterocycles. The van der Waals surface area contributed by atoms with Gasteiger partial charge in [-0.05, 0) is 12.1 Å². The molecule has 0 radical (unpaired) electrons. The lowest BCUT2D eigenvalue weighted by atomic mass is 9.94. The first-order chi connectivity index (χ1) is 8.50. The molecule has 2 amide bonds. The molecule has 1 aromatic carbocycles. The first-order valence-electron chi connectivity index (χ1n) is 5.45. The summed E-state index contributed by atoms with van der Waals surface area (Å²) >= 11 is 0. The maximum absolute atomic E-state index is 13.3. The molecular weight excluding hydrogens is 239 g/mol. The summed E-state index contributed by atoms with van der Waals surface area (Å²) in [6.07, 6.45) is -0.0206. The maximum Gasteiger partial charge on any atom is 0.260 e. The highest BCUT2D eigenvalue weighted by molar-refractivity contribution is 6.05. The molecule has 96 valence electrons. The fourth-order valence-electron chi connectivity index (χ4n) is 1.67. The number of benzene rings is 1. The summed E-state index contributed by atoms with van der Waals surface area (Å²) in [5, 5.41) is 2.11. The van der Waals surface area contributed by atoms with Gasteiger partial charge in [-0.1, -0.05) is 12.1 Å². The van der Waals surface area contributed by atoms with Crippen molar-refractivity contribution in [1.82, 2.24) is 5.32 Å². The van der Waals surface area contributed by atoms with Gasteiger partial charge in [0.15, 0.2) is 0 Å². The molecule has 18 heavy (non-hydrogen) atoms. The number of ether oxygens (including phenoxy) is 1. The standard InChI is InChI=1S/C12H13FN2O3/c13-9-4-2-1-3-8(9)11(17)15-10(16)5-12(14)6-18-7-12/h1-4H,5-7,14H2,(H,15,16,17). The SMILES string of the molecule is NC1(CC(=O)NC(=O)c2ccccc2F)COC1. The third-order valence-electron chi connectivity index (χ3n) is 2.66. The molecule has 0 spiro atoms. The van der Waals surface area contributed by atoms with E-state index in [4.69, 9.17) is 10.5 Å². The van der Waals surface area contributed by atoms with Crippen LogP contribution in [0.4, 0.5) is 4.39 Å². The molecule has 0 atom stereocenters. The third kappa shape index (κ3) is 2.72. The molecule has 5 nitrogen and oxygen atoms in total. The highest BCUT2D eigenvalue weighted by Crippen LogP contribution is 2.17. The molecule has 1 aliphatic rings. The molecule has 1 fully saturated rings. The normalized spacial score (nSPS) is 16.8. The van der Waals surface area contributed by atoms with E-state index in [2.05, 4.69) is 5.32 Å². The Kier molecular flexibility index (Phi) is 3.40. The molecule has 1 aromatic rings. The number of hydrogen-bond acceptors (Lipinski definition) is 4. The van der Waals surface area contributed by atoms with E-state index in [9.17, 15) is 14.0 Å². The van der Waals surface area contributed by atoms with E-state index in [1.807, 2.05) is 0 Å². The van der Waals surface area contributed by atoms with Crippen LogP contribution in [-0.2, 0) is 9.53 Å². The fraction of sp³-hybridized carbons (Fsp3) is 0.333. The number of halogens is 1. The molecule has 6 heteroatoms. The lowest BCUT2D eigenvalue weighted by molar-refractivity contribution is -0.127. The maximum atomic E-state index is 13.3. The molecule has 0 aliphatic carbocycles. The van der Waals surface area contributed by atoms with Crippen LogP contribution < -0.4 is 11.1 Å². The summed E-state index contributed by atoms with van der Waals surface area (Å²) in [6.45, 7) is 0.572. The largest absolute Gasteiger partial charge is 0.377 e. The number of carbonyl (C=O) groups is 2. The molecule has 3 N–H and O–H groups in total. The van der Waals surface area contributed by atoms with Gasteiger partial charge in [-0.2, -0.15) is 0 Å². The van der Waals surface area contributed by atoms with Crippen LogP contribution in [0.5, 0.6) is 0 Å². The second-order valence-electron chi connectivity index (χ2n) is 4.39. The summed E-state index contributed by atoms with van der Waals surface area (Å²) in [5.41, 5.74) is 4.90. The van der Waals surface area contributed by atoms with Gasteiger partial charge in [0, 0.05) is 6.42 Å². The van der Waals surface area contributed by atoms with E-state index in [0.717, 1.165) is 6.07 Å². The van der Waals surface area contributed by atoms with E-state index < -0.39 is 23.2 Å². The lowest BCUT2D eigenvalue weighted by Gasteiger charge is -2.36. The first kappa shape index (κ1) is 12.7. The number of nitrogens with one attached hydrogen (secondary N) is 1. The van der Waals surface area contributed by atoms with Crippen LogP contribution in [-0.4, -0.2) is 30.6 Å². The average molecular weight is 252 g/mol. The Morgan fingerprint density at radius 2 is 2.06 bits per heavy atom. The molecule has 0 bridgehead atoms. The van der Waals surface area contributed by atoms with Crippen molar-refractivity contribution in [3.8, 4) is 0 Å². The predicted molar refractivity (Wildman–Crippen MR) is 61.2 cm³/mol. The van der Waals surface area contributed by atoms with Gasteiger partial charge in [0.05, 0.1) is 24.3 Å². The summed E-state index contributed by atoms with van der Waals surface area (Å²) in [7, 11) is 0. The van der Waals surface area contributed by atoms with Crippen LogP contribution in [0.25, 0.3) is 0 Å². The highest BCUT2D eigenvalue weighted by Gasteiger charge is 2.36. The predicted octanol–water partition coefficient (Wildman–Crippen LogP) is 0.200. The van der Waals surface area contributed by atoms with E-state index in [1.165, 1.54) is 18.2 Å². The van der Waals surface area contributed by atoms with Crippen LogP contribution in [0.1, 0.15) is 16.8 Å². The quantitative estimate of drug-likeness (QED) is 0.805. The van der Waals surface area contributed by atoms with Gasteiger partial charge in [-0.3, -0.25) is 14.9 Å². The molecule has 1 saturated heterocycles. The van der Waals surface area contributed by atoms with Crippen LogP contribution in [0, 0.1) is 5.82 Å². The topological polar surface area (TPSA) is 81.4 Å². The van der Waals surface area contributed by atoms with Gasteiger partial charge >= 0.3 is 0 Å². The minimum Gasteiger partial charge on any atom is -0.377 e. The second kappa shape index (κ2) is 4.83. The average Bonchev–Trinajstić information content (AvgIpc) is 2.27. The van der Waals surface area contributed by atoms with Crippen LogP contribution in [0.15, 0.2) is 24.3 Å². The second-order valence-corrected chi connectivity index (χ2v) is 4.39. The Bertz CT molecular complexity index is 486. The lowest BCUT2D eigenvalue weighted by Crippen LogP contribution is -2.59. The molecule has 1 aliphatic heterocycles. The van der Waals surface area contributed by atoms with Gasteiger partial charge in [-0.15, -0.1) is 0 Å². The van der Waals surface area contributed by atoms with Gasteiger partial charge in [0.1, 0.15) is 5.82 Å². The number of nitrogens with two attached hydrogens (primary N) is 1. The summed E-state index contributed by atoms with van der Waals surface area (Å²) < 4.78 is 18.2. The van der Waals surface area contributed by atoms with Crippen molar-refractivity contribution >= 4 is 11.8 Å². The van der Waals surface area contributed by atoms with Gasteiger partial charge in [0.25, 0.3) is 5.91 Å². The Balaban J connectivity index is 1.95. The highest BCUT2D eigenvalue weighted by atomic mass is 19.1. The number of hydrogen-bond donors (Lipinski definition) is 2. The summed E-state index contributed by atoms with van der Waals surface area (Å²) in [6, 6.07) is 5.45.